The molecule has 13 heavy (non-hydrogen) atoms. The van der Waals surface area contributed by atoms with E-state index in [1.54, 1.807) is 0 Å². The van der Waals surface area contributed by atoms with E-state index in [-0.39, 0.29) is 0 Å². The standard InChI is InChI=1S/C8H5BBr4/c1-2-3-5(10)7(12)4(9)8(13)6(3)11/h2H2,1H3. The summed E-state index contributed by atoms with van der Waals surface area (Å²) in [5.41, 5.74) is 1.91. The predicted molar refractivity (Wildman–Crippen MR) is 72.0 cm³/mol. The molecule has 0 bridgehead atoms. The van der Waals surface area contributed by atoms with E-state index in [1.807, 2.05) is 0 Å². The molecule has 0 N–H and O–H groups in total. The van der Waals surface area contributed by atoms with Crippen LogP contribution in [0.4, 0.5) is 0 Å². The zero-order chi connectivity index (χ0) is 10.2. The van der Waals surface area contributed by atoms with Crippen LogP contribution < -0.4 is 5.46 Å². The Hall–Kier alpha value is 1.20. The maximum atomic E-state index is 5.85. The van der Waals surface area contributed by atoms with Crippen LogP contribution in [0.15, 0.2) is 17.9 Å². The summed E-state index contributed by atoms with van der Waals surface area (Å²) < 4.78 is 3.84. The molecule has 0 saturated heterocycles. The molecule has 0 amide bonds. The topological polar surface area (TPSA) is 0 Å². The van der Waals surface area contributed by atoms with Crippen LogP contribution in [-0.4, -0.2) is 7.85 Å². The number of hydrogen-bond donors (Lipinski definition) is 0. The molecule has 0 nitrogen and oxygen atoms in total. The summed E-state index contributed by atoms with van der Waals surface area (Å²) in [6.07, 6.45) is 0.943. The SMILES string of the molecule is [B]c1c(Br)c(Br)c(CC)c(Br)c1Br. The Morgan fingerprint density at radius 2 is 1.31 bits per heavy atom. The Labute approximate surface area is 113 Å². The van der Waals surface area contributed by atoms with E-state index in [1.165, 1.54) is 5.56 Å². The lowest BCUT2D eigenvalue weighted by molar-refractivity contribution is 1.11. The highest BCUT2D eigenvalue weighted by atomic mass is 79.9. The van der Waals surface area contributed by atoms with Gasteiger partial charge in [-0.3, -0.25) is 0 Å². The van der Waals surface area contributed by atoms with E-state index in [4.69, 9.17) is 7.85 Å². The van der Waals surface area contributed by atoms with Gasteiger partial charge in [0.1, 0.15) is 7.85 Å². The van der Waals surface area contributed by atoms with E-state index >= 15 is 0 Å². The van der Waals surface area contributed by atoms with Crippen LogP contribution in [0.25, 0.3) is 0 Å². The molecule has 1 aromatic carbocycles. The van der Waals surface area contributed by atoms with Crippen LogP contribution in [0, 0.1) is 0 Å². The molecular formula is C8H5BBr4. The van der Waals surface area contributed by atoms with Crippen molar-refractivity contribution in [1.29, 1.82) is 0 Å². The average Bonchev–Trinajstić information content (AvgIpc) is 2.13. The highest BCUT2D eigenvalue weighted by Crippen LogP contribution is 2.36. The summed E-state index contributed by atoms with van der Waals surface area (Å²) in [5.74, 6) is 0. The van der Waals surface area contributed by atoms with E-state index in [9.17, 15) is 0 Å². The number of halogens is 4. The molecule has 0 heterocycles. The third-order valence-corrected chi connectivity index (χ3v) is 6.20. The Kier molecular flexibility index (Phi) is 4.55. The molecule has 1 aromatic rings. The molecule has 0 fully saturated rings. The van der Waals surface area contributed by atoms with Crippen molar-refractivity contribution < 1.29 is 0 Å². The average molecular weight is 432 g/mol. The number of hydrogen-bond acceptors (Lipinski definition) is 0. The van der Waals surface area contributed by atoms with Gasteiger partial charge in [-0.25, -0.2) is 0 Å². The third-order valence-electron chi connectivity index (χ3n) is 1.74. The van der Waals surface area contributed by atoms with Crippen LogP contribution in [0.1, 0.15) is 12.5 Å². The fourth-order valence-electron chi connectivity index (χ4n) is 1.00. The monoisotopic (exact) mass is 428 g/mol. The smallest absolute Gasteiger partial charge is 0.0665 e. The van der Waals surface area contributed by atoms with Crippen LogP contribution in [0.5, 0.6) is 0 Å². The fourth-order valence-corrected chi connectivity index (χ4v) is 3.80. The molecule has 2 radical (unpaired) electrons. The zero-order valence-corrected chi connectivity index (χ0v) is 13.1. The van der Waals surface area contributed by atoms with Crippen molar-refractivity contribution in [2.45, 2.75) is 13.3 Å². The molecule has 0 saturated carbocycles. The molecule has 0 aliphatic rings. The highest BCUT2D eigenvalue weighted by Gasteiger charge is 2.14. The second kappa shape index (κ2) is 4.82. The van der Waals surface area contributed by atoms with E-state index < -0.39 is 0 Å². The Morgan fingerprint density at radius 3 is 1.62 bits per heavy atom. The number of benzene rings is 1. The van der Waals surface area contributed by atoms with Gasteiger partial charge in [0.05, 0.1) is 0 Å². The molecule has 0 aliphatic heterocycles. The minimum atomic E-state index is 0.705. The molecule has 5 heteroatoms. The molecule has 0 atom stereocenters. The first-order chi connectivity index (χ1) is 6.00. The van der Waals surface area contributed by atoms with Gasteiger partial charge < -0.3 is 0 Å². The van der Waals surface area contributed by atoms with E-state index in [0.29, 0.717) is 5.46 Å². The quantitative estimate of drug-likeness (QED) is 0.464. The normalized spacial score (nSPS) is 10.5. The van der Waals surface area contributed by atoms with Crippen molar-refractivity contribution in [3.63, 3.8) is 0 Å². The van der Waals surface area contributed by atoms with Crippen molar-refractivity contribution in [3.05, 3.63) is 23.5 Å². The van der Waals surface area contributed by atoms with Gasteiger partial charge in [0.2, 0.25) is 0 Å². The van der Waals surface area contributed by atoms with Crippen molar-refractivity contribution in [1.82, 2.24) is 0 Å². The second-order valence-corrected chi connectivity index (χ2v) is 5.67. The van der Waals surface area contributed by atoms with Gasteiger partial charge in [-0.15, -0.1) is 0 Å². The molecule has 0 spiro atoms. The van der Waals surface area contributed by atoms with Gasteiger partial charge in [-0.05, 0) is 43.8 Å². The first-order valence-electron chi connectivity index (χ1n) is 3.61. The van der Waals surface area contributed by atoms with Crippen molar-refractivity contribution >= 4 is 77.0 Å². The predicted octanol–water partition coefficient (Wildman–Crippen LogP) is 4.09. The van der Waals surface area contributed by atoms with Gasteiger partial charge in [-0.2, -0.15) is 0 Å². The summed E-state index contributed by atoms with van der Waals surface area (Å²) in [6, 6.07) is 0. The first-order valence-corrected chi connectivity index (χ1v) is 6.78. The zero-order valence-electron chi connectivity index (χ0n) is 6.80. The van der Waals surface area contributed by atoms with E-state index in [0.717, 1.165) is 24.3 Å². The summed E-state index contributed by atoms with van der Waals surface area (Å²) in [7, 11) is 5.85. The molecule has 0 unspecified atom stereocenters. The Balaban J connectivity index is 3.56. The second-order valence-electron chi connectivity index (χ2n) is 2.50. The maximum absolute atomic E-state index is 5.85. The molecular weight excluding hydrogens is 427 g/mol. The largest absolute Gasteiger partial charge is 0.117 e. The minimum Gasteiger partial charge on any atom is -0.0665 e. The summed E-state index contributed by atoms with van der Waals surface area (Å²) in [6.45, 7) is 2.10. The molecule has 0 aromatic heterocycles. The van der Waals surface area contributed by atoms with Gasteiger partial charge in [-0.1, -0.05) is 44.2 Å². The summed E-state index contributed by atoms with van der Waals surface area (Å²) >= 11 is 13.9. The maximum Gasteiger partial charge on any atom is 0.117 e. The summed E-state index contributed by atoms with van der Waals surface area (Å²) in [5, 5.41) is 0. The van der Waals surface area contributed by atoms with Crippen molar-refractivity contribution in [2.24, 2.45) is 0 Å². The molecule has 0 aliphatic carbocycles. The Morgan fingerprint density at radius 1 is 0.923 bits per heavy atom. The van der Waals surface area contributed by atoms with Gasteiger partial charge in [0.15, 0.2) is 0 Å². The van der Waals surface area contributed by atoms with Gasteiger partial charge in [0.25, 0.3) is 0 Å². The lowest BCUT2D eigenvalue weighted by Crippen LogP contribution is -2.10. The van der Waals surface area contributed by atoms with Gasteiger partial charge >= 0.3 is 0 Å². The lowest BCUT2D eigenvalue weighted by Gasteiger charge is -2.13. The van der Waals surface area contributed by atoms with Gasteiger partial charge in [0, 0.05) is 17.9 Å². The third kappa shape index (κ3) is 2.24. The number of rotatable bonds is 1. The van der Waals surface area contributed by atoms with Crippen LogP contribution in [0.2, 0.25) is 0 Å². The van der Waals surface area contributed by atoms with Crippen LogP contribution in [-0.2, 0) is 6.42 Å². The van der Waals surface area contributed by atoms with E-state index in [2.05, 4.69) is 70.6 Å². The molecule has 68 valence electrons. The van der Waals surface area contributed by atoms with Crippen molar-refractivity contribution in [3.8, 4) is 0 Å². The minimum absolute atomic E-state index is 0.705. The Bertz CT molecular complexity index is 319. The van der Waals surface area contributed by atoms with Crippen LogP contribution in [0.3, 0.4) is 0 Å². The highest BCUT2D eigenvalue weighted by molar-refractivity contribution is 9.14. The lowest BCUT2D eigenvalue weighted by atomic mass is 9.95. The first kappa shape index (κ1) is 12.3. The fraction of sp³-hybridized carbons (Fsp3) is 0.250. The summed E-state index contributed by atoms with van der Waals surface area (Å²) in [4.78, 5) is 0. The molecule has 1 rings (SSSR count). The van der Waals surface area contributed by atoms with Crippen molar-refractivity contribution in [2.75, 3.05) is 0 Å². The van der Waals surface area contributed by atoms with Crippen LogP contribution >= 0.6 is 63.7 Å².